The molecular formula is C24H29N3O3. The lowest BCUT2D eigenvalue weighted by Gasteiger charge is -2.47. The number of nitrogens with zero attached hydrogens (tertiary/aromatic N) is 3. The van der Waals surface area contributed by atoms with E-state index in [4.69, 9.17) is 9.47 Å². The molecule has 1 spiro atoms. The number of hydrogen-bond acceptors (Lipinski definition) is 5. The first-order valence-electron chi connectivity index (χ1n) is 11.0. The number of anilines is 1. The summed E-state index contributed by atoms with van der Waals surface area (Å²) < 4.78 is 12.7. The molecule has 1 saturated carbocycles. The van der Waals surface area contributed by atoms with Gasteiger partial charge in [0.2, 0.25) is 11.7 Å². The van der Waals surface area contributed by atoms with Gasteiger partial charge in [-0.1, -0.05) is 6.42 Å². The van der Waals surface area contributed by atoms with Gasteiger partial charge in [-0.25, -0.2) is 0 Å². The fourth-order valence-electron chi connectivity index (χ4n) is 4.67. The zero-order valence-electron chi connectivity index (χ0n) is 17.5. The lowest BCUT2D eigenvalue weighted by atomic mass is 9.89. The lowest BCUT2D eigenvalue weighted by Crippen LogP contribution is -2.54. The van der Waals surface area contributed by atoms with Crippen molar-refractivity contribution in [2.24, 2.45) is 0 Å². The molecule has 0 atom stereocenters. The molecule has 0 unspecified atom stereocenters. The molecule has 1 aliphatic carbocycles. The Hall–Kier alpha value is -2.44. The van der Waals surface area contributed by atoms with Crippen LogP contribution in [0.4, 0.5) is 5.69 Å². The molecule has 2 aliphatic heterocycles. The second-order valence-electron chi connectivity index (χ2n) is 8.67. The summed E-state index contributed by atoms with van der Waals surface area (Å²) in [6, 6.07) is 10.6. The summed E-state index contributed by atoms with van der Waals surface area (Å²) in [5.41, 5.74) is 2.91. The number of carbonyl (C=O) groups is 1. The van der Waals surface area contributed by atoms with Crippen molar-refractivity contribution in [3.8, 4) is 5.75 Å². The van der Waals surface area contributed by atoms with Gasteiger partial charge in [0.25, 0.3) is 0 Å². The average molecular weight is 408 g/mol. The molecule has 1 saturated heterocycles. The van der Waals surface area contributed by atoms with Gasteiger partial charge in [-0.2, -0.15) is 0 Å². The van der Waals surface area contributed by atoms with Crippen molar-refractivity contribution in [3.63, 3.8) is 0 Å². The second kappa shape index (κ2) is 8.00. The molecule has 3 aliphatic rings. The zero-order valence-corrected chi connectivity index (χ0v) is 17.5. The maximum atomic E-state index is 12.3. The van der Waals surface area contributed by atoms with Gasteiger partial charge in [-0.05, 0) is 48.7 Å². The van der Waals surface area contributed by atoms with Crippen molar-refractivity contribution in [1.29, 1.82) is 0 Å². The third kappa shape index (κ3) is 3.82. The predicted octanol–water partition coefficient (Wildman–Crippen LogP) is 3.89. The molecule has 2 fully saturated rings. The number of amides is 1. The average Bonchev–Trinajstić information content (AvgIpc) is 2.73. The Morgan fingerprint density at radius 1 is 1.20 bits per heavy atom. The Balaban J connectivity index is 1.29. The van der Waals surface area contributed by atoms with Crippen molar-refractivity contribution < 1.29 is 14.3 Å². The molecule has 6 heteroatoms. The normalized spacial score (nSPS) is 20.8. The van der Waals surface area contributed by atoms with E-state index in [-0.39, 0.29) is 5.91 Å². The molecule has 5 rings (SSSR count). The van der Waals surface area contributed by atoms with Crippen molar-refractivity contribution in [1.82, 2.24) is 9.88 Å². The molecule has 2 aromatic rings. The van der Waals surface area contributed by atoms with Crippen LogP contribution in [0.3, 0.4) is 0 Å². The number of rotatable bonds is 4. The quantitative estimate of drug-likeness (QED) is 0.770. The first-order chi connectivity index (χ1) is 14.6. The smallest absolute Gasteiger partial charge is 0.224 e. The highest BCUT2D eigenvalue weighted by Crippen LogP contribution is 2.40. The van der Waals surface area contributed by atoms with E-state index < -0.39 is 5.79 Å². The van der Waals surface area contributed by atoms with E-state index in [1.807, 2.05) is 30.3 Å². The maximum Gasteiger partial charge on any atom is 0.224 e. The van der Waals surface area contributed by atoms with Crippen LogP contribution in [0.5, 0.6) is 5.75 Å². The topological polar surface area (TPSA) is 54.9 Å². The van der Waals surface area contributed by atoms with E-state index in [1.54, 1.807) is 24.2 Å². The summed E-state index contributed by atoms with van der Waals surface area (Å²) in [6.45, 7) is 4.72. The van der Waals surface area contributed by atoms with E-state index in [2.05, 4.69) is 9.88 Å². The fourth-order valence-corrected chi connectivity index (χ4v) is 4.67. The predicted molar refractivity (Wildman–Crippen MR) is 114 cm³/mol. The number of likely N-dealkylation sites (tertiary alicyclic amines) is 1. The van der Waals surface area contributed by atoms with E-state index >= 15 is 0 Å². The highest BCUT2D eigenvalue weighted by molar-refractivity contribution is 5.91. The van der Waals surface area contributed by atoms with Gasteiger partial charge in [0, 0.05) is 62.5 Å². The van der Waals surface area contributed by atoms with E-state index in [0.29, 0.717) is 13.2 Å². The Bertz CT molecular complexity index is 905. The minimum Gasteiger partial charge on any atom is -0.462 e. The Labute approximate surface area is 177 Å². The lowest BCUT2D eigenvalue weighted by molar-refractivity contribution is -0.231. The minimum absolute atomic E-state index is 0.00393. The monoisotopic (exact) mass is 407 g/mol. The van der Waals surface area contributed by atoms with Crippen LogP contribution in [-0.4, -0.2) is 40.7 Å². The Morgan fingerprint density at radius 2 is 1.97 bits per heavy atom. The summed E-state index contributed by atoms with van der Waals surface area (Å²) in [7, 11) is 0. The minimum atomic E-state index is -0.494. The SMILES string of the molecule is CC(=O)N(Cc1ccncc1)c1ccc2c(c1)COC1(CCN(C3CCC3)CC1)O2. The van der Waals surface area contributed by atoms with Gasteiger partial charge in [-0.15, -0.1) is 0 Å². The molecule has 0 bridgehead atoms. The number of fused-ring (bicyclic) bond motifs is 1. The largest absolute Gasteiger partial charge is 0.462 e. The van der Waals surface area contributed by atoms with Crippen LogP contribution in [0.25, 0.3) is 0 Å². The Morgan fingerprint density at radius 3 is 2.63 bits per heavy atom. The van der Waals surface area contributed by atoms with Crippen molar-refractivity contribution in [2.75, 3.05) is 18.0 Å². The van der Waals surface area contributed by atoms with Crippen LogP contribution in [0, 0.1) is 0 Å². The number of carbonyl (C=O) groups excluding carboxylic acids is 1. The van der Waals surface area contributed by atoms with Gasteiger partial charge >= 0.3 is 0 Å². The first kappa shape index (κ1) is 19.5. The number of benzene rings is 1. The standard InChI is InChI=1S/C24H29N3O3/c1-18(28)27(16-19-7-11-25-12-8-19)22-5-6-23-20(15-22)17-29-24(30-23)9-13-26(14-10-24)21-3-2-4-21/h5-8,11-12,15,21H,2-4,9-10,13-14,16-17H2,1H3. The highest BCUT2D eigenvalue weighted by Gasteiger charge is 2.42. The third-order valence-corrected chi connectivity index (χ3v) is 6.76. The number of hydrogen-bond donors (Lipinski definition) is 0. The molecule has 3 heterocycles. The molecule has 30 heavy (non-hydrogen) atoms. The third-order valence-electron chi connectivity index (χ3n) is 6.76. The second-order valence-corrected chi connectivity index (χ2v) is 8.67. The number of piperidine rings is 1. The molecule has 0 radical (unpaired) electrons. The van der Waals surface area contributed by atoms with Crippen LogP contribution < -0.4 is 9.64 Å². The van der Waals surface area contributed by atoms with Crippen molar-refractivity contribution in [2.45, 2.75) is 64.0 Å². The molecule has 6 nitrogen and oxygen atoms in total. The highest BCUT2D eigenvalue weighted by atomic mass is 16.7. The summed E-state index contributed by atoms with van der Waals surface area (Å²) in [5.74, 6) is 0.394. The van der Waals surface area contributed by atoms with E-state index in [1.165, 1.54) is 19.3 Å². The molecule has 1 amide bonds. The van der Waals surface area contributed by atoms with Crippen LogP contribution in [0.2, 0.25) is 0 Å². The van der Waals surface area contributed by atoms with E-state index in [0.717, 1.165) is 54.5 Å². The molecule has 158 valence electrons. The van der Waals surface area contributed by atoms with Crippen LogP contribution in [0.15, 0.2) is 42.7 Å². The van der Waals surface area contributed by atoms with Gasteiger partial charge in [-0.3, -0.25) is 14.7 Å². The summed E-state index contributed by atoms with van der Waals surface area (Å²) in [6.07, 6.45) is 9.36. The van der Waals surface area contributed by atoms with Crippen LogP contribution in [-0.2, 0) is 22.7 Å². The number of pyridine rings is 1. The summed E-state index contributed by atoms with van der Waals surface area (Å²) in [4.78, 5) is 20.7. The number of ether oxygens (including phenoxy) is 2. The Kier molecular flexibility index (Phi) is 5.21. The van der Waals surface area contributed by atoms with Crippen LogP contribution in [0.1, 0.15) is 50.2 Å². The van der Waals surface area contributed by atoms with Gasteiger partial charge in [0.1, 0.15) is 5.75 Å². The van der Waals surface area contributed by atoms with Gasteiger partial charge in [0.05, 0.1) is 13.2 Å². The van der Waals surface area contributed by atoms with Crippen molar-refractivity contribution in [3.05, 3.63) is 53.9 Å². The first-order valence-corrected chi connectivity index (χ1v) is 11.0. The van der Waals surface area contributed by atoms with E-state index in [9.17, 15) is 4.79 Å². The molecular weight excluding hydrogens is 378 g/mol. The van der Waals surface area contributed by atoms with Crippen molar-refractivity contribution >= 4 is 11.6 Å². The fraction of sp³-hybridized carbons (Fsp3) is 0.500. The molecule has 1 aromatic carbocycles. The van der Waals surface area contributed by atoms with Gasteiger partial charge in [0.15, 0.2) is 0 Å². The zero-order chi connectivity index (χ0) is 20.6. The molecule has 1 aromatic heterocycles. The number of aromatic nitrogens is 1. The molecule has 0 N–H and O–H groups in total. The van der Waals surface area contributed by atoms with Gasteiger partial charge < -0.3 is 14.4 Å². The summed E-state index contributed by atoms with van der Waals surface area (Å²) in [5, 5.41) is 0. The van der Waals surface area contributed by atoms with Crippen LogP contribution >= 0.6 is 0 Å². The summed E-state index contributed by atoms with van der Waals surface area (Å²) >= 11 is 0. The maximum absolute atomic E-state index is 12.3.